The van der Waals surface area contributed by atoms with Crippen molar-refractivity contribution in [3.8, 4) is 10.6 Å². The van der Waals surface area contributed by atoms with Crippen molar-refractivity contribution in [2.45, 2.75) is 19.3 Å². The van der Waals surface area contributed by atoms with Gasteiger partial charge in [0.25, 0.3) is 0 Å². The molecular weight excluding hydrogens is 404 g/mol. The maximum atomic E-state index is 6.15. The Labute approximate surface area is 176 Å². The zero-order valence-electron chi connectivity index (χ0n) is 15.1. The van der Waals surface area contributed by atoms with Crippen molar-refractivity contribution in [2.75, 3.05) is 0 Å². The van der Waals surface area contributed by atoms with Gasteiger partial charge < -0.3 is 0 Å². The number of fused-ring (bicyclic) bond motifs is 2. The topological polar surface area (TPSA) is 25.2 Å². The lowest BCUT2D eigenvalue weighted by atomic mass is 10.1. The highest BCUT2D eigenvalue weighted by Gasteiger charge is 2.25. The molecule has 0 N–H and O–H groups in total. The lowest BCUT2D eigenvalue weighted by molar-refractivity contribution is 0.915. The van der Waals surface area contributed by atoms with Crippen LogP contribution in [0.4, 0.5) is 5.00 Å². The van der Waals surface area contributed by atoms with E-state index in [1.165, 1.54) is 28.0 Å². The van der Waals surface area contributed by atoms with Gasteiger partial charge in [0, 0.05) is 16.1 Å². The lowest BCUT2D eigenvalue weighted by Crippen LogP contribution is -1.81. The molecule has 4 aromatic rings. The molecular formula is C23H17ClN2S2. The highest BCUT2D eigenvalue weighted by molar-refractivity contribution is 7.22. The summed E-state index contributed by atoms with van der Waals surface area (Å²) in [6.07, 6.45) is 9.46. The number of hydrogen-bond donors (Lipinski definition) is 0. The zero-order chi connectivity index (χ0) is 18.9. The number of halogens is 1. The molecule has 0 spiro atoms. The number of aryl methyl sites for hydroxylation is 1. The van der Waals surface area contributed by atoms with Crippen molar-refractivity contribution in [3.63, 3.8) is 0 Å². The van der Waals surface area contributed by atoms with E-state index in [9.17, 15) is 0 Å². The number of rotatable bonds is 4. The Hall–Kier alpha value is -2.27. The summed E-state index contributed by atoms with van der Waals surface area (Å²) in [5, 5.41) is 2.84. The maximum Gasteiger partial charge on any atom is 0.127 e. The molecule has 2 nitrogen and oxygen atoms in total. The third-order valence-corrected chi connectivity index (χ3v) is 7.32. The van der Waals surface area contributed by atoms with Crippen molar-refractivity contribution in [2.24, 2.45) is 4.99 Å². The minimum atomic E-state index is 0.726. The first-order valence-corrected chi connectivity index (χ1v) is 11.3. The summed E-state index contributed by atoms with van der Waals surface area (Å²) in [5.41, 5.74) is 4.80. The summed E-state index contributed by atoms with van der Waals surface area (Å²) in [5.74, 6) is 0. The van der Waals surface area contributed by atoms with Crippen molar-refractivity contribution in [1.29, 1.82) is 0 Å². The highest BCUT2D eigenvalue weighted by atomic mass is 35.5. The van der Waals surface area contributed by atoms with Gasteiger partial charge in [-0.25, -0.2) is 9.98 Å². The molecule has 0 amide bonds. The first-order chi connectivity index (χ1) is 13.8. The summed E-state index contributed by atoms with van der Waals surface area (Å²) >= 11 is 9.69. The van der Waals surface area contributed by atoms with Crippen LogP contribution in [0.2, 0.25) is 5.02 Å². The van der Waals surface area contributed by atoms with Gasteiger partial charge in [-0.15, -0.1) is 22.7 Å². The Bertz CT molecular complexity index is 1200. The Morgan fingerprint density at radius 3 is 2.82 bits per heavy atom. The summed E-state index contributed by atoms with van der Waals surface area (Å²) < 4.78 is 1.16. The largest absolute Gasteiger partial charge is 0.245 e. The van der Waals surface area contributed by atoms with Crippen LogP contribution in [0.25, 0.3) is 26.9 Å². The average molecular weight is 421 g/mol. The van der Waals surface area contributed by atoms with Gasteiger partial charge in [0.2, 0.25) is 0 Å². The van der Waals surface area contributed by atoms with Crippen LogP contribution in [0, 0.1) is 0 Å². The van der Waals surface area contributed by atoms with E-state index < -0.39 is 0 Å². The molecule has 1 aliphatic rings. The van der Waals surface area contributed by atoms with E-state index in [-0.39, 0.29) is 0 Å². The number of benzene rings is 2. The molecule has 2 aromatic heterocycles. The SMILES string of the molecule is Clc1ccc2sc(-c3c(N=C/C=C/c4ccccc4)sc4c3CCC4)nc2c1. The summed E-state index contributed by atoms with van der Waals surface area (Å²) in [6.45, 7) is 0. The van der Waals surface area contributed by atoms with E-state index in [2.05, 4.69) is 24.3 Å². The van der Waals surface area contributed by atoms with Gasteiger partial charge in [-0.05, 0) is 54.7 Å². The first-order valence-electron chi connectivity index (χ1n) is 9.25. The second-order valence-electron chi connectivity index (χ2n) is 6.72. The number of aromatic nitrogens is 1. The van der Waals surface area contributed by atoms with Crippen LogP contribution in [0.3, 0.4) is 0 Å². The van der Waals surface area contributed by atoms with Gasteiger partial charge >= 0.3 is 0 Å². The van der Waals surface area contributed by atoms with E-state index in [1.807, 2.05) is 54.0 Å². The van der Waals surface area contributed by atoms with E-state index in [4.69, 9.17) is 21.6 Å². The van der Waals surface area contributed by atoms with Crippen LogP contribution in [0.15, 0.2) is 59.6 Å². The van der Waals surface area contributed by atoms with E-state index in [0.29, 0.717) is 0 Å². The molecule has 0 aliphatic heterocycles. The fraction of sp³-hybridized carbons (Fsp3) is 0.130. The third-order valence-electron chi connectivity index (χ3n) is 4.83. The molecule has 0 saturated heterocycles. The van der Waals surface area contributed by atoms with Gasteiger partial charge in [0.1, 0.15) is 10.0 Å². The fourth-order valence-electron chi connectivity index (χ4n) is 3.54. The number of thiophene rings is 1. The molecule has 0 fully saturated rings. The van der Waals surface area contributed by atoms with Gasteiger partial charge in [-0.2, -0.15) is 0 Å². The molecule has 0 radical (unpaired) electrons. The molecule has 5 heteroatoms. The lowest BCUT2D eigenvalue weighted by Gasteiger charge is -1.99. The van der Waals surface area contributed by atoms with Crippen LogP contribution >= 0.6 is 34.3 Å². The summed E-state index contributed by atoms with van der Waals surface area (Å²) in [4.78, 5) is 11.1. The number of thiazole rings is 1. The average Bonchev–Trinajstić information content (AvgIpc) is 3.39. The molecule has 1 aliphatic carbocycles. The fourth-order valence-corrected chi connectivity index (χ4v) is 6.03. The molecule has 138 valence electrons. The van der Waals surface area contributed by atoms with Crippen LogP contribution in [0.5, 0.6) is 0 Å². The minimum absolute atomic E-state index is 0.726. The molecule has 0 saturated carbocycles. The Morgan fingerprint density at radius 2 is 1.93 bits per heavy atom. The first kappa shape index (κ1) is 17.8. The predicted molar refractivity (Wildman–Crippen MR) is 124 cm³/mol. The van der Waals surface area contributed by atoms with Crippen LogP contribution in [0.1, 0.15) is 22.4 Å². The second kappa shape index (κ2) is 7.63. The van der Waals surface area contributed by atoms with Crippen molar-refractivity contribution in [1.82, 2.24) is 4.98 Å². The van der Waals surface area contributed by atoms with Crippen LogP contribution in [-0.2, 0) is 12.8 Å². The standard InChI is InChI=1S/C23H17ClN2S2/c24-16-11-12-20-18(14-16)26-23(28-20)21-17-9-4-10-19(17)27-22(21)25-13-5-8-15-6-2-1-3-7-15/h1-3,5-8,11-14H,4,9-10H2/b8-5+,25-13?. The van der Waals surface area contributed by atoms with E-state index in [1.54, 1.807) is 11.3 Å². The molecule has 28 heavy (non-hydrogen) atoms. The van der Waals surface area contributed by atoms with Gasteiger partial charge in [-0.1, -0.05) is 48.0 Å². The molecule has 0 bridgehead atoms. The zero-order valence-corrected chi connectivity index (χ0v) is 17.4. The molecule has 0 unspecified atom stereocenters. The summed E-state index contributed by atoms with van der Waals surface area (Å²) in [7, 11) is 0. The highest BCUT2D eigenvalue weighted by Crippen LogP contribution is 2.48. The number of aliphatic imine (C=N–C) groups is 1. The van der Waals surface area contributed by atoms with Crippen molar-refractivity contribution >= 4 is 61.8 Å². The minimum Gasteiger partial charge on any atom is -0.245 e. The summed E-state index contributed by atoms with van der Waals surface area (Å²) in [6, 6.07) is 16.2. The third kappa shape index (κ3) is 3.44. The van der Waals surface area contributed by atoms with Gasteiger partial charge in [-0.3, -0.25) is 0 Å². The van der Waals surface area contributed by atoms with Crippen molar-refractivity contribution < 1.29 is 0 Å². The smallest absolute Gasteiger partial charge is 0.127 e. The Morgan fingerprint density at radius 1 is 1.04 bits per heavy atom. The van der Waals surface area contributed by atoms with Crippen molar-refractivity contribution in [3.05, 3.63) is 75.6 Å². The van der Waals surface area contributed by atoms with Gasteiger partial charge in [0.15, 0.2) is 0 Å². The number of hydrogen-bond acceptors (Lipinski definition) is 4. The molecule has 2 aromatic carbocycles. The van der Waals surface area contributed by atoms with Gasteiger partial charge in [0.05, 0.1) is 15.8 Å². The Balaban J connectivity index is 1.52. The monoisotopic (exact) mass is 420 g/mol. The predicted octanol–water partition coefficient (Wildman–Crippen LogP) is 7.58. The number of nitrogens with zero attached hydrogens (tertiary/aromatic N) is 2. The molecule has 5 rings (SSSR count). The normalized spacial score (nSPS) is 13.9. The maximum absolute atomic E-state index is 6.15. The molecule has 0 atom stereocenters. The van der Waals surface area contributed by atoms with E-state index >= 15 is 0 Å². The number of allylic oxidation sites excluding steroid dienone is 1. The quantitative estimate of drug-likeness (QED) is 0.312. The second-order valence-corrected chi connectivity index (χ2v) is 9.27. The van der Waals surface area contributed by atoms with E-state index in [0.717, 1.165) is 38.1 Å². The van der Waals surface area contributed by atoms with Crippen LogP contribution in [-0.4, -0.2) is 11.2 Å². The molecule has 2 heterocycles. The Kier molecular flexibility index (Phi) is 4.85. The van der Waals surface area contributed by atoms with Crippen LogP contribution < -0.4 is 0 Å².